The Hall–Kier alpha value is -2.31. The van der Waals surface area contributed by atoms with Crippen LogP contribution in [0, 0.1) is 13.8 Å². The minimum absolute atomic E-state index is 0.111. The van der Waals surface area contributed by atoms with E-state index in [1.54, 1.807) is 22.9 Å². The zero-order chi connectivity index (χ0) is 16.0. The molecule has 22 heavy (non-hydrogen) atoms. The van der Waals surface area contributed by atoms with Gasteiger partial charge in [-0.05, 0) is 25.5 Å². The van der Waals surface area contributed by atoms with Crippen molar-refractivity contribution in [1.82, 2.24) is 14.4 Å². The van der Waals surface area contributed by atoms with Gasteiger partial charge in [-0.25, -0.2) is 4.79 Å². The highest BCUT2D eigenvalue weighted by Gasteiger charge is 2.39. The molecule has 0 aliphatic carbocycles. The number of fused-ring (bicyclic) bond motifs is 1. The Labute approximate surface area is 128 Å². The fourth-order valence-corrected chi connectivity index (χ4v) is 2.98. The second kappa shape index (κ2) is 5.15. The standard InChI is InChI=1S/C15H19N3O4/c1-9-6-12(13(19)16(3)10(9)2)14(20)17-4-5-18-11(7-17)8-22-15(18)21/h6,11H,4-5,7-8H2,1-3H3/t11-/m1/s1. The van der Waals surface area contributed by atoms with Crippen LogP contribution in [0.5, 0.6) is 0 Å². The summed E-state index contributed by atoms with van der Waals surface area (Å²) in [6.07, 6.45) is -0.320. The second-order valence-electron chi connectivity index (χ2n) is 5.87. The molecule has 0 bridgehead atoms. The maximum Gasteiger partial charge on any atom is 0.410 e. The largest absolute Gasteiger partial charge is 0.447 e. The van der Waals surface area contributed by atoms with Gasteiger partial charge in [0.25, 0.3) is 11.5 Å². The molecule has 118 valence electrons. The van der Waals surface area contributed by atoms with Crippen LogP contribution in [0.2, 0.25) is 0 Å². The van der Waals surface area contributed by atoms with E-state index in [2.05, 4.69) is 0 Å². The molecular formula is C15H19N3O4. The molecule has 0 radical (unpaired) electrons. The molecule has 0 aromatic carbocycles. The van der Waals surface area contributed by atoms with Crippen molar-refractivity contribution in [3.63, 3.8) is 0 Å². The number of amides is 2. The summed E-state index contributed by atoms with van der Waals surface area (Å²) in [6.45, 7) is 5.30. The number of hydrogen-bond donors (Lipinski definition) is 0. The van der Waals surface area contributed by atoms with E-state index in [0.717, 1.165) is 11.3 Å². The van der Waals surface area contributed by atoms with Gasteiger partial charge in [-0.2, -0.15) is 0 Å². The Kier molecular flexibility index (Phi) is 3.42. The summed E-state index contributed by atoms with van der Waals surface area (Å²) in [4.78, 5) is 39.8. The number of hydrogen-bond acceptors (Lipinski definition) is 4. The lowest BCUT2D eigenvalue weighted by Gasteiger charge is -2.35. The van der Waals surface area contributed by atoms with Crippen molar-refractivity contribution in [1.29, 1.82) is 0 Å². The zero-order valence-electron chi connectivity index (χ0n) is 13.0. The van der Waals surface area contributed by atoms with Gasteiger partial charge in [0.05, 0.1) is 6.04 Å². The molecule has 2 amide bonds. The van der Waals surface area contributed by atoms with E-state index in [1.807, 2.05) is 13.8 Å². The van der Waals surface area contributed by atoms with Crippen LogP contribution in [-0.4, -0.2) is 58.7 Å². The van der Waals surface area contributed by atoms with E-state index in [4.69, 9.17) is 4.74 Å². The number of pyridine rings is 1. The number of cyclic esters (lactones) is 1. The Morgan fingerprint density at radius 3 is 2.73 bits per heavy atom. The third-order valence-electron chi connectivity index (χ3n) is 4.60. The Bertz CT molecular complexity index is 709. The first-order chi connectivity index (χ1) is 10.4. The number of ether oxygens (including phenoxy) is 1. The van der Waals surface area contributed by atoms with Gasteiger partial charge in [0.1, 0.15) is 12.2 Å². The van der Waals surface area contributed by atoms with Gasteiger partial charge in [-0.3, -0.25) is 14.5 Å². The number of carbonyl (C=O) groups is 2. The van der Waals surface area contributed by atoms with Crippen LogP contribution in [0.25, 0.3) is 0 Å². The SMILES string of the molecule is Cc1cc(C(=O)N2CCN3C(=O)OC[C@H]3C2)c(=O)n(C)c1C. The minimum Gasteiger partial charge on any atom is -0.447 e. The molecule has 0 spiro atoms. The number of piperazine rings is 1. The zero-order valence-corrected chi connectivity index (χ0v) is 13.0. The number of rotatable bonds is 1. The molecule has 2 saturated heterocycles. The lowest BCUT2D eigenvalue weighted by Crippen LogP contribution is -2.54. The van der Waals surface area contributed by atoms with E-state index in [9.17, 15) is 14.4 Å². The highest BCUT2D eigenvalue weighted by molar-refractivity contribution is 5.94. The summed E-state index contributed by atoms with van der Waals surface area (Å²) < 4.78 is 6.50. The van der Waals surface area contributed by atoms with E-state index in [-0.39, 0.29) is 29.2 Å². The van der Waals surface area contributed by atoms with E-state index in [1.165, 1.54) is 4.57 Å². The predicted molar refractivity (Wildman–Crippen MR) is 78.9 cm³/mol. The number of aryl methyl sites for hydroxylation is 1. The molecule has 7 nitrogen and oxygen atoms in total. The second-order valence-corrected chi connectivity index (χ2v) is 5.87. The summed E-state index contributed by atoms with van der Waals surface area (Å²) in [5.74, 6) is -0.275. The molecule has 3 rings (SSSR count). The van der Waals surface area contributed by atoms with Crippen molar-refractivity contribution in [3.05, 3.63) is 33.2 Å². The Morgan fingerprint density at radius 2 is 2.00 bits per heavy atom. The van der Waals surface area contributed by atoms with Crippen LogP contribution in [0.1, 0.15) is 21.6 Å². The summed E-state index contributed by atoms with van der Waals surface area (Å²) >= 11 is 0. The van der Waals surface area contributed by atoms with E-state index in [0.29, 0.717) is 26.2 Å². The molecule has 7 heteroatoms. The highest BCUT2D eigenvalue weighted by Crippen LogP contribution is 2.19. The first-order valence-corrected chi connectivity index (χ1v) is 7.30. The molecule has 1 aromatic rings. The van der Waals surface area contributed by atoms with Crippen LogP contribution in [-0.2, 0) is 11.8 Å². The number of aromatic nitrogens is 1. The predicted octanol–water partition coefficient (Wildman–Crippen LogP) is 0.279. The van der Waals surface area contributed by atoms with E-state index >= 15 is 0 Å². The Morgan fingerprint density at radius 1 is 1.27 bits per heavy atom. The first kappa shape index (κ1) is 14.6. The molecule has 1 atom stereocenters. The van der Waals surface area contributed by atoms with Crippen LogP contribution >= 0.6 is 0 Å². The van der Waals surface area contributed by atoms with E-state index < -0.39 is 0 Å². The minimum atomic E-state index is -0.320. The van der Waals surface area contributed by atoms with Crippen molar-refractivity contribution < 1.29 is 14.3 Å². The smallest absolute Gasteiger partial charge is 0.410 e. The molecule has 0 unspecified atom stereocenters. The summed E-state index contributed by atoms with van der Waals surface area (Å²) in [5, 5.41) is 0. The van der Waals surface area contributed by atoms with Crippen molar-refractivity contribution in [2.24, 2.45) is 7.05 Å². The van der Waals surface area contributed by atoms with Crippen molar-refractivity contribution in [3.8, 4) is 0 Å². The normalized spacial score (nSPS) is 20.9. The molecule has 0 saturated carbocycles. The maximum absolute atomic E-state index is 12.7. The van der Waals surface area contributed by atoms with Gasteiger partial charge in [-0.15, -0.1) is 0 Å². The van der Waals surface area contributed by atoms with Gasteiger partial charge in [0, 0.05) is 32.4 Å². The number of nitrogens with zero attached hydrogens (tertiary/aromatic N) is 3. The van der Waals surface area contributed by atoms with Crippen LogP contribution < -0.4 is 5.56 Å². The van der Waals surface area contributed by atoms with Gasteiger partial charge in [0.15, 0.2) is 0 Å². The third-order valence-corrected chi connectivity index (χ3v) is 4.60. The fraction of sp³-hybridized carbons (Fsp3) is 0.533. The summed E-state index contributed by atoms with van der Waals surface area (Å²) in [6, 6.07) is 1.54. The summed E-state index contributed by atoms with van der Waals surface area (Å²) in [5.41, 5.74) is 1.66. The van der Waals surface area contributed by atoms with Gasteiger partial charge >= 0.3 is 6.09 Å². The summed E-state index contributed by atoms with van der Waals surface area (Å²) in [7, 11) is 1.67. The topological polar surface area (TPSA) is 71.9 Å². The number of carbonyl (C=O) groups excluding carboxylic acids is 2. The molecule has 0 N–H and O–H groups in total. The quantitative estimate of drug-likeness (QED) is 0.747. The Balaban J connectivity index is 1.87. The molecule has 2 aliphatic rings. The molecule has 1 aromatic heterocycles. The lowest BCUT2D eigenvalue weighted by molar-refractivity contribution is 0.0614. The van der Waals surface area contributed by atoms with Gasteiger partial charge in [-0.1, -0.05) is 0 Å². The van der Waals surface area contributed by atoms with Crippen molar-refractivity contribution in [2.75, 3.05) is 26.2 Å². The molecular weight excluding hydrogens is 286 g/mol. The average molecular weight is 305 g/mol. The highest BCUT2D eigenvalue weighted by atomic mass is 16.6. The maximum atomic E-state index is 12.7. The third kappa shape index (κ3) is 2.17. The van der Waals surface area contributed by atoms with Gasteiger partial charge < -0.3 is 14.2 Å². The van der Waals surface area contributed by atoms with Crippen LogP contribution in [0.15, 0.2) is 10.9 Å². The van der Waals surface area contributed by atoms with Crippen LogP contribution in [0.4, 0.5) is 4.79 Å². The molecule has 2 aliphatic heterocycles. The van der Waals surface area contributed by atoms with Gasteiger partial charge in [0.2, 0.25) is 0 Å². The first-order valence-electron chi connectivity index (χ1n) is 7.30. The van der Waals surface area contributed by atoms with Crippen LogP contribution in [0.3, 0.4) is 0 Å². The monoisotopic (exact) mass is 305 g/mol. The van der Waals surface area contributed by atoms with Crippen molar-refractivity contribution >= 4 is 12.0 Å². The molecule has 2 fully saturated rings. The average Bonchev–Trinajstić information content (AvgIpc) is 2.89. The van der Waals surface area contributed by atoms with Crippen molar-refractivity contribution in [2.45, 2.75) is 19.9 Å². The lowest BCUT2D eigenvalue weighted by atomic mass is 10.1. The molecule has 3 heterocycles. The fourth-order valence-electron chi connectivity index (χ4n) is 2.98.